The minimum atomic E-state index is -0.584. The average molecular weight is 332 g/mol. The van der Waals surface area contributed by atoms with Gasteiger partial charge in [-0.05, 0) is 36.0 Å². The highest BCUT2D eigenvalue weighted by Crippen LogP contribution is 2.48. The maximum atomic E-state index is 11.6. The molecule has 0 bridgehead atoms. The van der Waals surface area contributed by atoms with Crippen molar-refractivity contribution in [2.75, 3.05) is 6.61 Å². The molecule has 1 aromatic carbocycles. The van der Waals surface area contributed by atoms with Crippen molar-refractivity contribution >= 4 is 11.9 Å². The van der Waals surface area contributed by atoms with Crippen molar-refractivity contribution in [3.63, 3.8) is 0 Å². The Labute approximate surface area is 140 Å². The molecule has 1 aromatic rings. The number of hydrogen-bond donors (Lipinski definition) is 0. The minimum absolute atomic E-state index is 0.0268. The Morgan fingerprint density at radius 1 is 1.21 bits per heavy atom. The molecule has 128 valence electrons. The second-order valence-corrected chi connectivity index (χ2v) is 6.50. The molecule has 2 heterocycles. The lowest BCUT2D eigenvalue weighted by molar-refractivity contribution is -0.222. The standard InChI is InChI=1S/C18H20O6/c1-9(19)21-8-15-17(23-10(2)20)13-6-11-4-3-5-12(11)14-7-22-18(24-15)16(13)14/h6,15,17-18H,3-5,7-8H2,1-2H3/t15-,17+,18+/m1/s1. The first-order valence-corrected chi connectivity index (χ1v) is 8.29. The van der Waals surface area contributed by atoms with E-state index in [4.69, 9.17) is 18.9 Å². The van der Waals surface area contributed by atoms with Gasteiger partial charge in [0, 0.05) is 25.0 Å². The van der Waals surface area contributed by atoms with Gasteiger partial charge in [0.05, 0.1) is 6.61 Å². The van der Waals surface area contributed by atoms with Gasteiger partial charge in [-0.2, -0.15) is 0 Å². The fraction of sp³-hybridized carbons (Fsp3) is 0.556. The van der Waals surface area contributed by atoms with E-state index in [0.717, 1.165) is 30.4 Å². The van der Waals surface area contributed by atoms with Crippen LogP contribution in [0.2, 0.25) is 0 Å². The van der Waals surface area contributed by atoms with Crippen molar-refractivity contribution < 1.29 is 28.5 Å². The predicted octanol–water partition coefficient (Wildman–Crippen LogP) is 2.27. The van der Waals surface area contributed by atoms with Crippen LogP contribution in [0, 0.1) is 0 Å². The van der Waals surface area contributed by atoms with Crippen LogP contribution in [-0.4, -0.2) is 24.6 Å². The first-order valence-electron chi connectivity index (χ1n) is 8.29. The summed E-state index contributed by atoms with van der Waals surface area (Å²) in [5.41, 5.74) is 5.79. The number of benzene rings is 1. The smallest absolute Gasteiger partial charge is 0.303 e. The molecule has 0 saturated carbocycles. The van der Waals surface area contributed by atoms with Crippen molar-refractivity contribution in [3.8, 4) is 0 Å². The van der Waals surface area contributed by atoms with E-state index >= 15 is 0 Å². The number of ether oxygens (including phenoxy) is 4. The summed E-state index contributed by atoms with van der Waals surface area (Å²) >= 11 is 0. The van der Waals surface area contributed by atoms with E-state index in [0.29, 0.717) is 6.61 Å². The van der Waals surface area contributed by atoms with Gasteiger partial charge >= 0.3 is 11.9 Å². The van der Waals surface area contributed by atoms with E-state index in [9.17, 15) is 9.59 Å². The summed E-state index contributed by atoms with van der Waals surface area (Å²) in [7, 11) is 0. The molecule has 0 amide bonds. The lowest BCUT2D eigenvalue weighted by Crippen LogP contribution is -2.37. The zero-order valence-corrected chi connectivity index (χ0v) is 13.8. The van der Waals surface area contributed by atoms with Crippen LogP contribution in [0.5, 0.6) is 0 Å². The van der Waals surface area contributed by atoms with Gasteiger partial charge in [0.2, 0.25) is 0 Å². The average Bonchev–Trinajstić information content (AvgIpc) is 3.14. The molecule has 3 atom stereocenters. The molecule has 0 radical (unpaired) electrons. The summed E-state index contributed by atoms with van der Waals surface area (Å²) in [5, 5.41) is 0. The highest BCUT2D eigenvalue weighted by atomic mass is 16.7. The highest BCUT2D eigenvalue weighted by molar-refractivity contribution is 5.67. The lowest BCUT2D eigenvalue weighted by atomic mass is 9.88. The molecule has 0 spiro atoms. The Hall–Kier alpha value is -1.92. The molecule has 0 fully saturated rings. The summed E-state index contributed by atoms with van der Waals surface area (Å²) in [4.78, 5) is 22.8. The van der Waals surface area contributed by atoms with Crippen LogP contribution in [0.4, 0.5) is 0 Å². The molecule has 1 aliphatic carbocycles. The first kappa shape index (κ1) is 15.6. The Morgan fingerprint density at radius 3 is 2.79 bits per heavy atom. The number of esters is 2. The van der Waals surface area contributed by atoms with E-state index in [1.807, 2.05) is 0 Å². The summed E-state index contributed by atoms with van der Waals surface area (Å²) in [6.07, 6.45) is 1.59. The van der Waals surface area contributed by atoms with Gasteiger partial charge in [-0.15, -0.1) is 0 Å². The maximum absolute atomic E-state index is 11.6. The Kier molecular flexibility index (Phi) is 3.81. The third kappa shape index (κ3) is 2.50. The number of carbonyl (C=O) groups excluding carboxylic acids is 2. The maximum Gasteiger partial charge on any atom is 0.303 e. The molecule has 6 nitrogen and oxygen atoms in total. The Balaban J connectivity index is 1.76. The summed E-state index contributed by atoms with van der Waals surface area (Å²) in [6, 6.07) is 2.12. The normalized spacial score (nSPS) is 26.7. The third-order valence-corrected chi connectivity index (χ3v) is 4.89. The van der Waals surface area contributed by atoms with Gasteiger partial charge in [-0.3, -0.25) is 9.59 Å². The molecule has 2 aliphatic heterocycles. The van der Waals surface area contributed by atoms with E-state index in [1.165, 1.54) is 30.5 Å². The number of fused-ring (bicyclic) bond motifs is 2. The van der Waals surface area contributed by atoms with Gasteiger partial charge < -0.3 is 18.9 Å². The van der Waals surface area contributed by atoms with E-state index < -0.39 is 24.5 Å². The van der Waals surface area contributed by atoms with Crippen LogP contribution in [0.1, 0.15) is 60.5 Å². The van der Waals surface area contributed by atoms with Crippen LogP contribution < -0.4 is 0 Å². The van der Waals surface area contributed by atoms with E-state index in [1.54, 1.807) is 0 Å². The van der Waals surface area contributed by atoms with Crippen molar-refractivity contribution in [2.24, 2.45) is 0 Å². The molecule has 3 aliphatic rings. The van der Waals surface area contributed by atoms with Crippen molar-refractivity contribution in [2.45, 2.75) is 58.2 Å². The SMILES string of the molecule is CC(=O)OC[C@H]1O[C@@H]2OCc3c4c(cc(c32)[C@@H]1OC(C)=O)CCC4. The van der Waals surface area contributed by atoms with Gasteiger partial charge in [0.1, 0.15) is 12.7 Å². The van der Waals surface area contributed by atoms with Crippen LogP contribution in [-0.2, 0) is 48.0 Å². The van der Waals surface area contributed by atoms with Crippen LogP contribution in [0.15, 0.2) is 6.07 Å². The summed E-state index contributed by atoms with van der Waals surface area (Å²) in [5.74, 6) is -0.781. The zero-order chi connectivity index (χ0) is 16.8. The fourth-order valence-electron chi connectivity index (χ4n) is 3.98. The third-order valence-electron chi connectivity index (χ3n) is 4.89. The first-order chi connectivity index (χ1) is 11.5. The fourth-order valence-corrected chi connectivity index (χ4v) is 3.98. The number of hydrogen-bond acceptors (Lipinski definition) is 6. The quantitative estimate of drug-likeness (QED) is 0.791. The van der Waals surface area contributed by atoms with Gasteiger partial charge in [0.25, 0.3) is 0 Å². The van der Waals surface area contributed by atoms with Crippen LogP contribution in [0.3, 0.4) is 0 Å². The topological polar surface area (TPSA) is 71.1 Å². The molecular formula is C18H20O6. The Morgan fingerprint density at radius 2 is 2.04 bits per heavy atom. The second-order valence-electron chi connectivity index (χ2n) is 6.50. The summed E-state index contributed by atoms with van der Waals surface area (Å²) < 4.78 is 22.4. The van der Waals surface area contributed by atoms with Crippen LogP contribution >= 0.6 is 0 Å². The molecule has 0 aromatic heterocycles. The molecular weight excluding hydrogens is 312 g/mol. The number of carbonyl (C=O) groups is 2. The van der Waals surface area contributed by atoms with Gasteiger partial charge in [0.15, 0.2) is 12.4 Å². The van der Waals surface area contributed by atoms with E-state index in [2.05, 4.69) is 6.07 Å². The van der Waals surface area contributed by atoms with Crippen molar-refractivity contribution in [1.29, 1.82) is 0 Å². The number of aryl methyl sites for hydroxylation is 1. The van der Waals surface area contributed by atoms with Crippen LogP contribution in [0.25, 0.3) is 0 Å². The van der Waals surface area contributed by atoms with E-state index in [-0.39, 0.29) is 12.6 Å². The van der Waals surface area contributed by atoms with Crippen molar-refractivity contribution in [3.05, 3.63) is 33.9 Å². The number of rotatable bonds is 3. The molecule has 0 N–H and O–H groups in total. The molecule has 0 saturated heterocycles. The molecule has 6 heteroatoms. The lowest BCUT2D eigenvalue weighted by Gasteiger charge is -2.35. The van der Waals surface area contributed by atoms with Gasteiger partial charge in [-0.25, -0.2) is 0 Å². The monoisotopic (exact) mass is 332 g/mol. The molecule has 0 unspecified atom stereocenters. The van der Waals surface area contributed by atoms with Gasteiger partial charge in [-0.1, -0.05) is 6.07 Å². The second kappa shape index (κ2) is 5.86. The largest absolute Gasteiger partial charge is 0.463 e. The summed E-state index contributed by atoms with van der Waals surface area (Å²) in [6.45, 7) is 3.26. The highest BCUT2D eigenvalue weighted by Gasteiger charge is 2.44. The predicted molar refractivity (Wildman–Crippen MR) is 82.0 cm³/mol. The minimum Gasteiger partial charge on any atom is -0.463 e. The molecule has 24 heavy (non-hydrogen) atoms. The Bertz CT molecular complexity index is 710. The van der Waals surface area contributed by atoms with Crippen molar-refractivity contribution in [1.82, 2.24) is 0 Å². The zero-order valence-electron chi connectivity index (χ0n) is 13.8. The molecule has 4 rings (SSSR count).